The minimum atomic E-state index is -0.353. The highest BCUT2D eigenvalue weighted by Crippen LogP contribution is 2.12. The summed E-state index contributed by atoms with van der Waals surface area (Å²) in [5.41, 5.74) is 0.897. The van der Waals surface area contributed by atoms with E-state index in [1.807, 2.05) is 37.3 Å². The van der Waals surface area contributed by atoms with Crippen molar-refractivity contribution in [1.29, 1.82) is 0 Å². The van der Waals surface area contributed by atoms with E-state index in [1.165, 1.54) is 0 Å². The number of para-hydroxylation sites is 1. The maximum atomic E-state index is 9.34. The molecule has 6 nitrogen and oxygen atoms in total. The minimum absolute atomic E-state index is 0.0958. The van der Waals surface area contributed by atoms with Crippen molar-refractivity contribution in [3.63, 3.8) is 0 Å². The lowest BCUT2D eigenvalue weighted by Crippen LogP contribution is -2.22. The average molecular weight is 247 g/mol. The van der Waals surface area contributed by atoms with Gasteiger partial charge in [0.2, 0.25) is 5.95 Å². The van der Waals surface area contributed by atoms with Crippen molar-refractivity contribution in [3.05, 3.63) is 30.3 Å². The van der Waals surface area contributed by atoms with Gasteiger partial charge in [0.25, 0.3) is 0 Å². The normalized spacial score (nSPS) is 14.2. The predicted molar refractivity (Wildman–Crippen MR) is 68.5 cm³/mol. The van der Waals surface area contributed by atoms with Crippen molar-refractivity contribution in [2.45, 2.75) is 32.4 Å². The van der Waals surface area contributed by atoms with Crippen molar-refractivity contribution in [2.24, 2.45) is 0 Å². The molecule has 0 amide bonds. The van der Waals surface area contributed by atoms with Gasteiger partial charge in [0.1, 0.15) is 0 Å². The second-order valence-electron chi connectivity index (χ2n) is 4.38. The van der Waals surface area contributed by atoms with E-state index in [2.05, 4.69) is 20.8 Å². The molecule has 2 rings (SSSR count). The van der Waals surface area contributed by atoms with E-state index in [0.717, 1.165) is 5.69 Å². The number of aliphatic hydroxyl groups is 1. The Bertz CT molecular complexity index is 482. The summed E-state index contributed by atoms with van der Waals surface area (Å²) in [6.45, 7) is 3.75. The molecule has 0 bridgehead atoms. The van der Waals surface area contributed by atoms with Gasteiger partial charge in [-0.3, -0.25) is 0 Å². The molecule has 96 valence electrons. The Labute approximate surface area is 106 Å². The molecule has 0 fully saturated rings. The third-order valence-corrected chi connectivity index (χ3v) is 2.54. The van der Waals surface area contributed by atoms with Crippen molar-refractivity contribution < 1.29 is 5.11 Å². The number of nitrogens with one attached hydrogen (secondary N) is 1. The number of benzene rings is 1. The summed E-state index contributed by atoms with van der Waals surface area (Å²) in [6.07, 6.45) is 0.287. The molecule has 0 aliphatic heterocycles. The number of tetrazole rings is 1. The Morgan fingerprint density at radius 1 is 1.28 bits per heavy atom. The summed E-state index contributed by atoms with van der Waals surface area (Å²) < 4.78 is 1.64. The summed E-state index contributed by atoms with van der Waals surface area (Å²) in [5.74, 6) is 0.578. The molecule has 0 saturated heterocycles. The summed E-state index contributed by atoms with van der Waals surface area (Å²) in [5, 5.41) is 24.1. The Morgan fingerprint density at radius 2 is 2.00 bits per heavy atom. The number of anilines is 1. The number of rotatable bonds is 5. The first-order valence-corrected chi connectivity index (χ1v) is 5.95. The van der Waals surface area contributed by atoms with Crippen LogP contribution < -0.4 is 5.32 Å². The third-order valence-electron chi connectivity index (χ3n) is 2.54. The summed E-state index contributed by atoms with van der Waals surface area (Å²) in [4.78, 5) is 0. The third kappa shape index (κ3) is 3.04. The van der Waals surface area contributed by atoms with Crippen LogP contribution in [-0.4, -0.2) is 37.5 Å². The first-order valence-electron chi connectivity index (χ1n) is 5.95. The monoisotopic (exact) mass is 247 g/mol. The molecule has 18 heavy (non-hydrogen) atoms. The average Bonchev–Trinajstić information content (AvgIpc) is 2.77. The Hall–Kier alpha value is -1.95. The lowest BCUT2D eigenvalue weighted by molar-refractivity contribution is 0.179. The number of hydrogen-bond donors (Lipinski definition) is 2. The predicted octanol–water partition coefficient (Wildman–Crippen LogP) is 1.23. The molecule has 2 aromatic rings. The van der Waals surface area contributed by atoms with Gasteiger partial charge in [-0.1, -0.05) is 23.3 Å². The zero-order valence-electron chi connectivity index (χ0n) is 10.5. The van der Waals surface area contributed by atoms with Gasteiger partial charge in [0.05, 0.1) is 11.8 Å². The highest BCUT2D eigenvalue weighted by molar-refractivity contribution is 5.38. The molecular weight excluding hydrogens is 230 g/mol. The molecular formula is C12H17N5O. The van der Waals surface area contributed by atoms with Gasteiger partial charge in [0, 0.05) is 6.04 Å². The minimum Gasteiger partial charge on any atom is -0.393 e. The van der Waals surface area contributed by atoms with E-state index in [1.54, 1.807) is 11.6 Å². The van der Waals surface area contributed by atoms with E-state index in [0.29, 0.717) is 12.4 Å². The Kier molecular flexibility index (Phi) is 3.88. The summed E-state index contributed by atoms with van der Waals surface area (Å²) >= 11 is 0. The summed E-state index contributed by atoms with van der Waals surface area (Å²) in [7, 11) is 0. The van der Waals surface area contributed by atoms with Gasteiger partial charge < -0.3 is 10.4 Å². The van der Waals surface area contributed by atoms with E-state index < -0.39 is 0 Å². The van der Waals surface area contributed by atoms with Crippen LogP contribution in [0.5, 0.6) is 0 Å². The van der Waals surface area contributed by atoms with Crippen LogP contribution >= 0.6 is 0 Å². The summed E-state index contributed by atoms with van der Waals surface area (Å²) in [6, 6.07) is 9.76. The molecule has 1 aromatic carbocycles. The number of nitrogens with zero attached hydrogens (tertiary/aromatic N) is 4. The van der Waals surface area contributed by atoms with Crippen LogP contribution in [0.4, 0.5) is 5.95 Å². The van der Waals surface area contributed by atoms with Crippen LogP contribution in [0.1, 0.15) is 20.3 Å². The molecule has 6 heteroatoms. The van der Waals surface area contributed by atoms with Gasteiger partial charge in [-0.2, -0.15) is 4.68 Å². The molecule has 0 saturated carbocycles. The molecule has 2 N–H and O–H groups in total. The van der Waals surface area contributed by atoms with Crippen molar-refractivity contribution in [3.8, 4) is 5.69 Å². The van der Waals surface area contributed by atoms with Gasteiger partial charge in [-0.15, -0.1) is 0 Å². The SMILES string of the molecule is CC(O)CC(C)Nc1nnnn1-c1ccccc1. The quantitative estimate of drug-likeness (QED) is 0.831. The van der Waals surface area contributed by atoms with E-state index in [-0.39, 0.29) is 12.1 Å². The van der Waals surface area contributed by atoms with E-state index >= 15 is 0 Å². The van der Waals surface area contributed by atoms with Crippen LogP contribution in [0.15, 0.2) is 30.3 Å². The van der Waals surface area contributed by atoms with Crippen LogP contribution in [-0.2, 0) is 0 Å². The topological polar surface area (TPSA) is 75.9 Å². The molecule has 0 aliphatic rings. The Morgan fingerprint density at radius 3 is 2.67 bits per heavy atom. The molecule has 1 heterocycles. The molecule has 0 aliphatic carbocycles. The number of aromatic nitrogens is 4. The lowest BCUT2D eigenvalue weighted by Gasteiger charge is -2.15. The fourth-order valence-corrected chi connectivity index (χ4v) is 1.81. The van der Waals surface area contributed by atoms with Crippen molar-refractivity contribution in [2.75, 3.05) is 5.32 Å². The number of hydrogen-bond acceptors (Lipinski definition) is 5. The van der Waals surface area contributed by atoms with Crippen LogP contribution in [0.3, 0.4) is 0 Å². The molecule has 0 radical (unpaired) electrons. The fraction of sp³-hybridized carbons (Fsp3) is 0.417. The second-order valence-corrected chi connectivity index (χ2v) is 4.38. The molecule has 2 unspecified atom stereocenters. The van der Waals surface area contributed by atoms with Gasteiger partial charge in [0.15, 0.2) is 0 Å². The first kappa shape index (κ1) is 12.5. The van der Waals surface area contributed by atoms with Gasteiger partial charge in [-0.25, -0.2) is 0 Å². The van der Waals surface area contributed by atoms with Crippen molar-refractivity contribution in [1.82, 2.24) is 20.2 Å². The molecule has 0 spiro atoms. The van der Waals surface area contributed by atoms with Crippen LogP contribution in [0, 0.1) is 0 Å². The highest BCUT2D eigenvalue weighted by atomic mass is 16.3. The first-order chi connectivity index (χ1) is 8.66. The zero-order valence-corrected chi connectivity index (χ0v) is 10.5. The van der Waals surface area contributed by atoms with Gasteiger partial charge in [-0.05, 0) is 42.8 Å². The van der Waals surface area contributed by atoms with Crippen molar-refractivity contribution >= 4 is 5.95 Å². The maximum Gasteiger partial charge on any atom is 0.247 e. The zero-order chi connectivity index (χ0) is 13.0. The van der Waals surface area contributed by atoms with Crippen LogP contribution in [0.2, 0.25) is 0 Å². The largest absolute Gasteiger partial charge is 0.393 e. The standard InChI is InChI=1S/C12H17N5O/c1-9(8-10(2)18)13-12-14-15-16-17(12)11-6-4-3-5-7-11/h3-7,9-10,18H,8H2,1-2H3,(H,13,14,16). The fourth-order valence-electron chi connectivity index (χ4n) is 1.81. The maximum absolute atomic E-state index is 9.34. The van der Waals surface area contributed by atoms with Gasteiger partial charge >= 0.3 is 0 Å². The smallest absolute Gasteiger partial charge is 0.247 e. The number of aliphatic hydroxyl groups excluding tert-OH is 1. The highest BCUT2D eigenvalue weighted by Gasteiger charge is 2.12. The molecule has 1 aromatic heterocycles. The van der Waals surface area contributed by atoms with E-state index in [9.17, 15) is 5.11 Å². The Balaban J connectivity index is 2.14. The second kappa shape index (κ2) is 5.59. The van der Waals surface area contributed by atoms with Crippen LogP contribution in [0.25, 0.3) is 5.69 Å². The molecule has 2 atom stereocenters. The lowest BCUT2D eigenvalue weighted by atomic mass is 10.2. The van der Waals surface area contributed by atoms with E-state index in [4.69, 9.17) is 0 Å².